The Morgan fingerprint density at radius 3 is 2.81 bits per heavy atom. The van der Waals surface area contributed by atoms with E-state index in [9.17, 15) is 18.7 Å². The van der Waals surface area contributed by atoms with Crippen LogP contribution in [-0.2, 0) is 4.74 Å². The van der Waals surface area contributed by atoms with Gasteiger partial charge in [0.1, 0.15) is 29.7 Å². The summed E-state index contributed by atoms with van der Waals surface area (Å²) >= 11 is 7.35. The zero-order valence-corrected chi connectivity index (χ0v) is 24.5. The van der Waals surface area contributed by atoms with Gasteiger partial charge in [-0.05, 0) is 58.4 Å². The lowest BCUT2D eigenvalue weighted by molar-refractivity contribution is 0.0636. The number of nitrogens with one attached hydrogen (secondary N) is 1. The standard InChI is InChI=1S/C28H27ClF3N5O4S/c1-27(2,3)41-26(39)36-25-34-21-14(5-6-17(31)22(21)42-25)18-16(29)9-15-20(19(18)32)33-24(35-23(15)38)40-12-28-7-4-8-37(28)11-13(30)10-28/h5-6,9,13H,4,7-8,10-12H2,1-3H3,(H,33,35,38)(H,34,36,39)/t13-,28+/m1/s1. The van der Waals surface area contributed by atoms with Crippen molar-refractivity contribution in [3.63, 3.8) is 0 Å². The van der Waals surface area contributed by atoms with E-state index in [4.69, 9.17) is 21.1 Å². The third-order valence-corrected chi connectivity index (χ3v) is 8.72. The number of halogens is 4. The lowest BCUT2D eigenvalue weighted by Gasteiger charge is -2.30. The molecule has 0 unspecified atom stereocenters. The van der Waals surface area contributed by atoms with E-state index in [-0.39, 0.29) is 55.0 Å². The van der Waals surface area contributed by atoms with Crippen molar-refractivity contribution in [3.8, 4) is 23.0 Å². The molecule has 4 heterocycles. The van der Waals surface area contributed by atoms with E-state index in [0.717, 1.165) is 36.8 Å². The van der Waals surface area contributed by atoms with Crippen LogP contribution >= 0.6 is 22.9 Å². The second-order valence-corrected chi connectivity index (χ2v) is 13.0. The minimum absolute atomic E-state index is 0.0429. The van der Waals surface area contributed by atoms with Crippen LogP contribution in [0, 0.1) is 11.6 Å². The van der Waals surface area contributed by atoms with E-state index >= 15 is 4.39 Å². The van der Waals surface area contributed by atoms with E-state index < -0.39 is 40.9 Å². The van der Waals surface area contributed by atoms with Crippen LogP contribution in [0.5, 0.6) is 11.9 Å². The van der Waals surface area contributed by atoms with E-state index in [1.807, 2.05) is 0 Å². The Hall–Kier alpha value is -3.42. The van der Waals surface area contributed by atoms with Gasteiger partial charge in [-0.1, -0.05) is 22.9 Å². The third-order valence-electron chi connectivity index (χ3n) is 7.45. The number of hydrogen-bond acceptors (Lipinski definition) is 9. The summed E-state index contributed by atoms with van der Waals surface area (Å²) in [6.07, 6.45) is 0.242. The summed E-state index contributed by atoms with van der Waals surface area (Å²) in [6, 6.07) is 3.51. The molecule has 2 saturated heterocycles. The average molecular weight is 622 g/mol. The number of carbonyl (C=O) groups excluding carboxylic acids is 1. The van der Waals surface area contributed by atoms with Crippen LogP contribution in [0.4, 0.5) is 23.1 Å². The van der Waals surface area contributed by atoms with Crippen molar-refractivity contribution in [1.29, 1.82) is 0 Å². The third kappa shape index (κ3) is 5.18. The molecule has 2 aliphatic heterocycles. The Balaban J connectivity index is 1.38. The average Bonchev–Trinajstić information content (AvgIpc) is 3.56. The zero-order valence-electron chi connectivity index (χ0n) is 22.9. The SMILES string of the molecule is CC(C)(C)OC(=O)Nc1nc2c(-c3c(Cl)cc4c(O)nc(OC[C@@]56CCCN5C[C@H](F)C6)nc4c3F)ccc(F)c2s1. The molecule has 0 spiro atoms. The monoisotopic (exact) mass is 621 g/mol. The van der Waals surface area contributed by atoms with Crippen LogP contribution in [0.25, 0.3) is 32.2 Å². The first kappa shape index (κ1) is 28.7. The second-order valence-electron chi connectivity index (χ2n) is 11.6. The van der Waals surface area contributed by atoms with Crippen molar-refractivity contribution in [3.05, 3.63) is 34.9 Å². The van der Waals surface area contributed by atoms with Crippen molar-refractivity contribution in [2.24, 2.45) is 0 Å². The Morgan fingerprint density at radius 2 is 2.05 bits per heavy atom. The summed E-state index contributed by atoms with van der Waals surface area (Å²) in [7, 11) is 0. The Morgan fingerprint density at radius 1 is 1.26 bits per heavy atom. The number of carbonyl (C=O) groups is 1. The molecule has 0 bridgehead atoms. The summed E-state index contributed by atoms with van der Waals surface area (Å²) in [6.45, 7) is 6.28. The van der Waals surface area contributed by atoms with Gasteiger partial charge in [0.15, 0.2) is 10.9 Å². The summed E-state index contributed by atoms with van der Waals surface area (Å²) in [5.41, 5.74) is -1.46. The molecule has 0 saturated carbocycles. The number of alkyl halides is 1. The number of benzene rings is 2. The minimum Gasteiger partial charge on any atom is -0.493 e. The highest BCUT2D eigenvalue weighted by molar-refractivity contribution is 7.22. The van der Waals surface area contributed by atoms with Gasteiger partial charge in [-0.25, -0.2) is 22.9 Å². The Kier molecular flexibility index (Phi) is 7.09. The lowest BCUT2D eigenvalue weighted by Crippen LogP contribution is -2.43. The Labute approximate surface area is 247 Å². The number of aromatic nitrogens is 3. The van der Waals surface area contributed by atoms with E-state index in [1.165, 1.54) is 12.1 Å². The molecule has 4 aromatic rings. The largest absolute Gasteiger partial charge is 0.493 e. The van der Waals surface area contributed by atoms with Gasteiger partial charge < -0.3 is 14.6 Å². The van der Waals surface area contributed by atoms with Crippen LogP contribution in [0.1, 0.15) is 40.0 Å². The second kappa shape index (κ2) is 10.4. The molecular formula is C28H27ClF3N5O4S. The quantitative estimate of drug-likeness (QED) is 0.249. The van der Waals surface area contributed by atoms with Gasteiger partial charge in [0.2, 0.25) is 5.88 Å². The number of thiazole rings is 1. The predicted molar refractivity (Wildman–Crippen MR) is 153 cm³/mol. The highest BCUT2D eigenvalue weighted by Gasteiger charge is 2.49. The van der Waals surface area contributed by atoms with Gasteiger partial charge in [0.05, 0.1) is 26.2 Å². The van der Waals surface area contributed by atoms with Crippen LogP contribution in [0.2, 0.25) is 5.02 Å². The highest BCUT2D eigenvalue weighted by atomic mass is 35.5. The molecule has 42 heavy (non-hydrogen) atoms. The molecule has 2 fully saturated rings. The van der Waals surface area contributed by atoms with Crippen LogP contribution in [0.15, 0.2) is 18.2 Å². The fourth-order valence-electron chi connectivity index (χ4n) is 5.74. The number of ether oxygens (including phenoxy) is 2. The highest BCUT2D eigenvalue weighted by Crippen LogP contribution is 2.43. The van der Waals surface area contributed by atoms with Gasteiger partial charge in [-0.2, -0.15) is 9.97 Å². The number of anilines is 1. The molecule has 6 rings (SSSR count). The molecule has 2 aromatic heterocycles. The number of hydrogen-bond donors (Lipinski definition) is 2. The fourth-order valence-corrected chi connectivity index (χ4v) is 6.92. The van der Waals surface area contributed by atoms with E-state index in [0.29, 0.717) is 13.0 Å². The minimum atomic E-state index is -0.958. The summed E-state index contributed by atoms with van der Waals surface area (Å²) in [4.78, 5) is 26.8. The maximum atomic E-state index is 16.2. The first-order chi connectivity index (χ1) is 19.8. The number of rotatable bonds is 5. The van der Waals surface area contributed by atoms with Gasteiger partial charge >= 0.3 is 12.1 Å². The Bertz CT molecular complexity index is 1730. The maximum absolute atomic E-state index is 16.2. The predicted octanol–water partition coefficient (Wildman–Crippen LogP) is 6.85. The number of fused-ring (bicyclic) bond motifs is 3. The van der Waals surface area contributed by atoms with Gasteiger partial charge in [-0.3, -0.25) is 10.2 Å². The zero-order chi connectivity index (χ0) is 30.0. The summed E-state index contributed by atoms with van der Waals surface area (Å²) in [5, 5.41) is 13.0. The molecule has 2 atom stereocenters. The molecule has 2 aliphatic rings. The summed E-state index contributed by atoms with van der Waals surface area (Å²) < 4.78 is 56.3. The molecule has 0 aliphatic carbocycles. The van der Waals surface area contributed by atoms with Crippen LogP contribution in [0.3, 0.4) is 0 Å². The number of aromatic hydroxyl groups is 1. The van der Waals surface area contributed by atoms with Crippen molar-refractivity contribution in [2.75, 3.05) is 25.0 Å². The molecule has 222 valence electrons. The molecular weight excluding hydrogens is 595 g/mol. The molecule has 2 aromatic carbocycles. The normalized spacial score (nSPS) is 20.8. The van der Waals surface area contributed by atoms with E-state index in [1.54, 1.807) is 20.8 Å². The van der Waals surface area contributed by atoms with Crippen molar-refractivity contribution in [2.45, 2.75) is 57.3 Å². The lowest BCUT2D eigenvalue weighted by atomic mass is 9.95. The molecule has 2 N–H and O–H groups in total. The molecule has 9 nitrogen and oxygen atoms in total. The van der Waals surface area contributed by atoms with Crippen LogP contribution in [-0.4, -0.2) is 68.1 Å². The molecule has 14 heteroatoms. The van der Waals surface area contributed by atoms with Gasteiger partial charge in [-0.15, -0.1) is 0 Å². The van der Waals surface area contributed by atoms with Crippen molar-refractivity contribution in [1.82, 2.24) is 19.9 Å². The fraction of sp³-hybridized carbons (Fsp3) is 0.429. The first-order valence-corrected chi connectivity index (χ1v) is 14.5. The first-order valence-electron chi connectivity index (χ1n) is 13.3. The van der Waals surface area contributed by atoms with Crippen molar-refractivity contribution < 1.29 is 32.5 Å². The van der Waals surface area contributed by atoms with Crippen LogP contribution < -0.4 is 10.1 Å². The molecule has 0 radical (unpaired) electrons. The van der Waals surface area contributed by atoms with Gasteiger partial charge in [0, 0.05) is 24.1 Å². The summed E-state index contributed by atoms with van der Waals surface area (Å²) in [5.74, 6) is -2.08. The number of amides is 1. The number of nitrogens with zero attached hydrogens (tertiary/aromatic N) is 4. The van der Waals surface area contributed by atoms with E-state index in [2.05, 4.69) is 25.2 Å². The topological polar surface area (TPSA) is 110 Å². The van der Waals surface area contributed by atoms with Gasteiger partial charge in [0.25, 0.3) is 0 Å². The van der Waals surface area contributed by atoms with Crippen molar-refractivity contribution >= 4 is 55.3 Å². The molecule has 1 amide bonds. The maximum Gasteiger partial charge on any atom is 0.413 e. The smallest absolute Gasteiger partial charge is 0.413 e.